The molecule has 6 nitrogen and oxygen atoms in total. The maximum Gasteiger partial charge on any atom is 0.319 e. The number of urea groups is 1. The average molecular weight is 304 g/mol. The van der Waals surface area contributed by atoms with Gasteiger partial charge in [-0.3, -0.25) is 9.78 Å². The van der Waals surface area contributed by atoms with Gasteiger partial charge in [-0.25, -0.2) is 4.79 Å². The zero-order valence-corrected chi connectivity index (χ0v) is 13.1. The minimum Gasteiger partial charge on any atom is -0.354 e. The van der Waals surface area contributed by atoms with Crippen LogP contribution in [0, 0.1) is 5.92 Å². The predicted octanol–water partition coefficient (Wildman–Crippen LogP) is 2.29. The summed E-state index contributed by atoms with van der Waals surface area (Å²) in [5.74, 6) is 0.0778. The summed E-state index contributed by atoms with van der Waals surface area (Å²) < 4.78 is 0. The summed E-state index contributed by atoms with van der Waals surface area (Å²) in [6.07, 6.45) is 6.70. The van der Waals surface area contributed by atoms with Crippen molar-refractivity contribution in [2.75, 3.05) is 5.32 Å². The van der Waals surface area contributed by atoms with Crippen LogP contribution >= 0.6 is 0 Å². The summed E-state index contributed by atoms with van der Waals surface area (Å²) in [7, 11) is 0. The van der Waals surface area contributed by atoms with Crippen LogP contribution in [0.15, 0.2) is 24.5 Å². The molecule has 1 aromatic heterocycles. The molecule has 1 fully saturated rings. The maximum atomic E-state index is 12.1. The Bertz CT molecular complexity index is 504. The molecule has 1 aromatic rings. The smallest absolute Gasteiger partial charge is 0.319 e. The average Bonchev–Trinajstić information content (AvgIpc) is 2.47. The Morgan fingerprint density at radius 1 is 1.32 bits per heavy atom. The van der Waals surface area contributed by atoms with Gasteiger partial charge in [-0.1, -0.05) is 6.42 Å². The molecule has 0 unspecified atom stereocenters. The van der Waals surface area contributed by atoms with Gasteiger partial charge >= 0.3 is 6.03 Å². The molecular weight excluding hydrogens is 280 g/mol. The Labute approximate surface area is 131 Å². The molecule has 22 heavy (non-hydrogen) atoms. The van der Waals surface area contributed by atoms with Crippen LogP contribution in [0.3, 0.4) is 0 Å². The highest BCUT2D eigenvalue weighted by Crippen LogP contribution is 2.24. The molecule has 1 heterocycles. The third kappa shape index (κ3) is 5.02. The van der Waals surface area contributed by atoms with Gasteiger partial charge < -0.3 is 16.0 Å². The Morgan fingerprint density at radius 2 is 2.14 bits per heavy atom. The van der Waals surface area contributed by atoms with Crippen LogP contribution in [0.2, 0.25) is 0 Å². The number of hydrogen-bond donors (Lipinski definition) is 3. The predicted molar refractivity (Wildman–Crippen MR) is 85.4 cm³/mol. The van der Waals surface area contributed by atoms with E-state index in [-0.39, 0.29) is 29.9 Å². The Kier molecular flexibility index (Phi) is 5.75. The van der Waals surface area contributed by atoms with E-state index in [1.54, 1.807) is 24.5 Å². The normalized spacial score (nSPS) is 21.2. The van der Waals surface area contributed by atoms with Crippen molar-refractivity contribution in [3.05, 3.63) is 24.5 Å². The second-order valence-corrected chi connectivity index (χ2v) is 6.06. The first-order valence-electron chi connectivity index (χ1n) is 7.82. The molecule has 1 aliphatic rings. The minimum atomic E-state index is -0.247. The Morgan fingerprint density at radius 3 is 2.82 bits per heavy atom. The molecular formula is C16H24N4O2. The summed E-state index contributed by atoms with van der Waals surface area (Å²) in [5, 5.41) is 8.65. The van der Waals surface area contributed by atoms with E-state index >= 15 is 0 Å². The fourth-order valence-corrected chi connectivity index (χ4v) is 2.75. The quantitative estimate of drug-likeness (QED) is 0.798. The van der Waals surface area contributed by atoms with Crippen molar-refractivity contribution in [3.8, 4) is 0 Å². The van der Waals surface area contributed by atoms with Crippen LogP contribution in [-0.2, 0) is 4.79 Å². The first-order chi connectivity index (χ1) is 10.5. The molecule has 0 saturated heterocycles. The monoisotopic (exact) mass is 304 g/mol. The van der Waals surface area contributed by atoms with Crippen molar-refractivity contribution in [2.24, 2.45) is 5.92 Å². The highest BCUT2D eigenvalue weighted by Gasteiger charge is 2.28. The lowest BCUT2D eigenvalue weighted by atomic mass is 9.85. The number of nitrogens with zero attached hydrogens (tertiary/aromatic N) is 1. The van der Waals surface area contributed by atoms with Crippen molar-refractivity contribution in [3.63, 3.8) is 0 Å². The number of rotatable bonds is 4. The third-order valence-corrected chi connectivity index (χ3v) is 3.73. The molecule has 3 N–H and O–H groups in total. The number of anilines is 1. The fraction of sp³-hybridized carbons (Fsp3) is 0.562. The van der Waals surface area contributed by atoms with Crippen LogP contribution in [0.5, 0.6) is 0 Å². The molecule has 120 valence electrons. The van der Waals surface area contributed by atoms with Crippen molar-refractivity contribution >= 4 is 17.6 Å². The molecule has 2 rings (SSSR count). The SMILES string of the molecule is CC(C)NC(=O)[C@@H]1CCC[C@H](NC(=O)Nc2cccnc2)C1. The second-order valence-electron chi connectivity index (χ2n) is 6.06. The van der Waals surface area contributed by atoms with E-state index < -0.39 is 0 Å². The molecule has 0 bridgehead atoms. The standard InChI is InChI=1S/C16H24N4O2/c1-11(2)18-15(21)12-5-3-6-13(9-12)19-16(22)20-14-7-4-8-17-10-14/h4,7-8,10-13H,3,5-6,9H2,1-2H3,(H,18,21)(H2,19,20,22)/t12-,13+/m1/s1. The number of carbonyl (C=O) groups excluding carboxylic acids is 2. The second kappa shape index (κ2) is 7.77. The molecule has 3 amide bonds. The summed E-state index contributed by atoms with van der Waals surface area (Å²) in [5.41, 5.74) is 0.657. The molecule has 6 heteroatoms. The number of nitrogens with one attached hydrogen (secondary N) is 3. The van der Waals surface area contributed by atoms with Crippen molar-refractivity contribution in [2.45, 2.75) is 51.6 Å². The highest BCUT2D eigenvalue weighted by atomic mass is 16.2. The van der Waals surface area contributed by atoms with E-state index in [1.165, 1.54) is 0 Å². The molecule has 0 aromatic carbocycles. The number of amides is 3. The molecule has 0 aliphatic heterocycles. The van der Waals surface area contributed by atoms with Gasteiger partial charge in [0.1, 0.15) is 0 Å². The molecule has 0 spiro atoms. The van der Waals surface area contributed by atoms with Crippen molar-refractivity contribution < 1.29 is 9.59 Å². The summed E-state index contributed by atoms with van der Waals surface area (Å²) in [6.45, 7) is 3.91. The zero-order chi connectivity index (χ0) is 15.9. The van der Waals surface area contributed by atoms with Crippen LogP contribution in [0.25, 0.3) is 0 Å². The van der Waals surface area contributed by atoms with Gasteiger partial charge in [0.05, 0.1) is 11.9 Å². The van der Waals surface area contributed by atoms with Gasteiger partial charge in [0.2, 0.25) is 5.91 Å². The van der Waals surface area contributed by atoms with Crippen molar-refractivity contribution in [1.29, 1.82) is 0 Å². The van der Waals surface area contributed by atoms with Gasteiger partial charge in [-0.05, 0) is 45.2 Å². The van der Waals surface area contributed by atoms with E-state index in [1.807, 2.05) is 13.8 Å². The minimum absolute atomic E-state index is 0.0140. The maximum absolute atomic E-state index is 12.1. The first kappa shape index (κ1) is 16.3. The Hall–Kier alpha value is -2.11. The number of carbonyl (C=O) groups is 2. The van der Waals surface area contributed by atoms with Gasteiger partial charge in [-0.15, -0.1) is 0 Å². The van der Waals surface area contributed by atoms with Crippen LogP contribution < -0.4 is 16.0 Å². The number of pyridine rings is 1. The molecule has 2 atom stereocenters. The van der Waals surface area contributed by atoms with Gasteiger partial charge in [0.15, 0.2) is 0 Å². The lowest BCUT2D eigenvalue weighted by Gasteiger charge is -2.29. The lowest BCUT2D eigenvalue weighted by molar-refractivity contribution is -0.126. The largest absolute Gasteiger partial charge is 0.354 e. The number of aromatic nitrogens is 1. The summed E-state index contributed by atoms with van der Waals surface area (Å²) in [6, 6.07) is 3.49. The van der Waals surface area contributed by atoms with Gasteiger partial charge in [0.25, 0.3) is 0 Å². The molecule has 0 radical (unpaired) electrons. The summed E-state index contributed by atoms with van der Waals surface area (Å²) in [4.78, 5) is 28.0. The van der Waals surface area contributed by atoms with E-state index in [2.05, 4.69) is 20.9 Å². The van der Waals surface area contributed by atoms with Gasteiger partial charge in [0, 0.05) is 24.2 Å². The third-order valence-electron chi connectivity index (χ3n) is 3.73. The van der Waals surface area contributed by atoms with E-state index in [9.17, 15) is 9.59 Å². The van der Waals surface area contributed by atoms with Crippen LogP contribution in [-0.4, -0.2) is 29.0 Å². The topological polar surface area (TPSA) is 83.1 Å². The zero-order valence-electron chi connectivity index (χ0n) is 13.1. The Balaban J connectivity index is 1.82. The fourth-order valence-electron chi connectivity index (χ4n) is 2.75. The van der Waals surface area contributed by atoms with Gasteiger partial charge in [-0.2, -0.15) is 0 Å². The van der Waals surface area contributed by atoms with Crippen LogP contribution in [0.1, 0.15) is 39.5 Å². The molecule has 1 saturated carbocycles. The van der Waals surface area contributed by atoms with Crippen LogP contribution in [0.4, 0.5) is 10.5 Å². The van der Waals surface area contributed by atoms with E-state index in [0.717, 1.165) is 19.3 Å². The lowest BCUT2D eigenvalue weighted by Crippen LogP contribution is -2.44. The van der Waals surface area contributed by atoms with E-state index in [4.69, 9.17) is 0 Å². The highest BCUT2D eigenvalue weighted by molar-refractivity contribution is 5.89. The summed E-state index contributed by atoms with van der Waals surface area (Å²) >= 11 is 0. The molecule has 1 aliphatic carbocycles. The van der Waals surface area contributed by atoms with Crippen molar-refractivity contribution in [1.82, 2.24) is 15.6 Å². The van der Waals surface area contributed by atoms with E-state index in [0.29, 0.717) is 12.1 Å². The number of hydrogen-bond acceptors (Lipinski definition) is 3. The first-order valence-corrected chi connectivity index (χ1v) is 7.82.